The molecule has 2 aromatic carbocycles. The van der Waals surface area contributed by atoms with Crippen molar-refractivity contribution in [1.29, 1.82) is 0 Å². The first-order chi connectivity index (χ1) is 16.8. The summed E-state index contributed by atoms with van der Waals surface area (Å²) in [5.41, 5.74) is 7.22. The number of nitrogens with one attached hydrogen (secondary N) is 1. The summed E-state index contributed by atoms with van der Waals surface area (Å²) < 4.78 is 0. The molecule has 2 amide bonds. The van der Waals surface area contributed by atoms with E-state index in [0.717, 1.165) is 34.5 Å². The second-order valence-electron chi connectivity index (χ2n) is 9.70. The van der Waals surface area contributed by atoms with E-state index < -0.39 is 5.92 Å². The molecule has 1 fully saturated rings. The Bertz CT molecular complexity index is 1360. The highest BCUT2D eigenvalue weighted by Crippen LogP contribution is 2.51. The number of amides is 2. The van der Waals surface area contributed by atoms with Crippen molar-refractivity contribution in [2.24, 2.45) is 11.0 Å². The van der Waals surface area contributed by atoms with Crippen LogP contribution in [0, 0.1) is 19.8 Å². The van der Waals surface area contributed by atoms with Crippen molar-refractivity contribution in [1.82, 2.24) is 4.98 Å². The standard InChI is InChI=1S/C29H30N4O2/c1-5-29(13-14-29)21-9-6-10-22(16-21)31-27(34)25-20(4)32-33(28(25)35)23-12-11-18(2)24(17-23)26-19(3)8-7-15-30-26/h6-12,15-17,25H,5,13-14H2,1-4H3,(H,31,34). The predicted molar refractivity (Wildman–Crippen MR) is 140 cm³/mol. The average Bonchev–Trinajstić information content (AvgIpc) is 3.59. The smallest absolute Gasteiger partial charge is 0.265 e. The minimum Gasteiger partial charge on any atom is -0.325 e. The molecule has 1 aliphatic carbocycles. The molecule has 0 radical (unpaired) electrons. The van der Waals surface area contributed by atoms with E-state index in [0.29, 0.717) is 11.4 Å². The number of benzene rings is 2. The first-order valence-corrected chi connectivity index (χ1v) is 12.2. The van der Waals surface area contributed by atoms with Crippen LogP contribution in [0.4, 0.5) is 11.4 Å². The number of aryl methyl sites for hydroxylation is 2. The Morgan fingerprint density at radius 1 is 1.06 bits per heavy atom. The van der Waals surface area contributed by atoms with Crippen LogP contribution in [0.2, 0.25) is 0 Å². The summed E-state index contributed by atoms with van der Waals surface area (Å²) in [6.45, 7) is 7.96. The van der Waals surface area contributed by atoms with Gasteiger partial charge in [0, 0.05) is 17.4 Å². The van der Waals surface area contributed by atoms with Crippen molar-refractivity contribution < 1.29 is 9.59 Å². The number of anilines is 2. The molecule has 2 heterocycles. The second-order valence-corrected chi connectivity index (χ2v) is 9.70. The predicted octanol–water partition coefficient (Wildman–Crippen LogP) is 5.78. The summed E-state index contributed by atoms with van der Waals surface area (Å²) in [7, 11) is 0. The summed E-state index contributed by atoms with van der Waals surface area (Å²) in [6, 6.07) is 17.7. The number of hydrogen-bond acceptors (Lipinski definition) is 4. The Morgan fingerprint density at radius 3 is 2.57 bits per heavy atom. The lowest BCUT2D eigenvalue weighted by Gasteiger charge is -2.18. The lowest BCUT2D eigenvalue weighted by Crippen LogP contribution is -2.36. The van der Waals surface area contributed by atoms with Crippen LogP contribution >= 0.6 is 0 Å². The molecular weight excluding hydrogens is 436 g/mol. The molecule has 6 nitrogen and oxygen atoms in total. The molecule has 1 aliphatic heterocycles. The molecule has 5 rings (SSSR count). The highest BCUT2D eigenvalue weighted by molar-refractivity contribution is 6.28. The molecule has 1 saturated carbocycles. The third-order valence-corrected chi connectivity index (χ3v) is 7.40. The van der Waals surface area contributed by atoms with Gasteiger partial charge in [0.15, 0.2) is 5.92 Å². The van der Waals surface area contributed by atoms with Crippen LogP contribution in [0.3, 0.4) is 0 Å². The number of carbonyl (C=O) groups excluding carboxylic acids is 2. The number of nitrogens with zero attached hydrogens (tertiary/aromatic N) is 3. The van der Waals surface area contributed by atoms with E-state index in [-0.39, 0.29) is 17.2 Å². The molecule has 0 bridgehead atoms. The van der Waals surface area contributed by atoms with Gasteiger partial charge in [-0.3, -0.25) is 14.6 Å². The Hall–Kier alpha value is -3.80. The van der Waals surface area contributed by atoms with E-state index in [1.165, 1.54) is 23.4 Å². The van der Waals surface area contributed by atoms with Crippen LogP contribution in [0.15, 0.2) is 65.9 Å². The molecule has 1 unspecified atom stereocenters. The number of aromatic nitrogens is 1. The van der Waals surface area contributed by atoms with Gasteiger partial charge in [-0.05, 0) is 92.5 Å². The molecular formula is C29H30N4O2. The molecule has 0 spiro atoms. The van der Waals surface area contributed by atoms with Crippen molar-refractivity contribution in [3.8, 4) is 11.3 Å². The van der Waals surface area contributed by atoms with Crippen LogP contribution in [0.5, 0.6) is 0 Å². The Labute approximate surface area is 206 Å². The van der Waals surface area contributed by atoms with Crippen molar-refractivity contribution >= 4 is 28.9 Å². The van der Waals surface area contributed by atoms with E-state index >= 15 is 0 Å². The molecule has 1 atom stereocenters. The van der Waals surface area contributed by atoms with Gasteiger partial charge in [0.25, 0.3) is 5.91 Å². The van der Waals surface area contributed by atoms with Gasteiger partial charge in [0.1, 0.15) is 0 Å². The van der Waals surface area contributed by atoms with E-state index in [4.69, 9.17) is 0 Å². The van der Waals surface area contributed by atoms with Gasteiger partial charge in [0.2, 0.25) is 5.91 Å². The van der Waals surface area contributed by atoms with E-state index in [2.05, 4.69) is 28.4 Å². The fraction of sp³-hybridized carbons (Fsp3) is 0.310. The number of hydrazone groups is 1. The Morgan fingerprint density at radius 2 is 1.86 bits per heavy atom. The summed E-state index contributed by atoms with van der Waals surface area (Å²) in [6.07, 6.45) is 5.21. The fourth-order valence-electron chi connectivity index (χ4n) is 4.96. The lowest BCUT2D eigenvalue weighted by molar-refractivity contribution is -0.127. The minimum atomic E-state index is -0.957. The number of carbonyl (C=O) groups is 2. The zero-order chi connectivity index (χ0) is 24.7. The Kier molecular flexibility index (Phi) is 5.75. The van der Waals surface area contributed by atoms with Crippen molar-refractivity contribution in [2.75, 3.05) is 10.3 Å². The van der Waals surface area contributed by atoms with Gasteiger partial charge < -0.3 is 5.32 Å². The lowest BCUT2D eigenvalue weighted by atomic mass is 9.93. The van der Waals surface area contributed by atoms with Gasteiger partial charge in [-0.15, -0.1) is 0 Å². The number of pyridine rings is 1. The maximum Gasteiger partial charge on any atom is 0.265 e. The van der Waals surface area contributed by atoms with Gasteiger partial charge in [0.05, 0.1) is 17.1 Å². The maximum absolute atomic E-state index is 13.4. The summed E-state index contributed by atoms with van der Waals surface area (Å²) in [4.78, 5) is 31.1. The summed E-state index contributed by atoms with van der Waals surface area (Å²) in [5.74, 6) is -1.66. The van der Waals surface area contributed by atoms with Crippen molar-refractivity contribution in [3.63, 3.8) is 0 Å². The van der Waals surface area contributed by atoms with Crippen LogP contribution in [0.1, 0.15) is 49.8 Å². The SMILES string of the molecule is CCC1(c2cccc(NC(=O)C3C(=O)N(c4ccc(C)c(-c5ncccc5C)c4)N=C3C)c2)CC1. The van der Waals surface area contributed by atoms with Crippen LogP contribution in [-0.2, 0) is 15.0 Å². The first-order valence-electron chi connectivity index (χ1n) is 12.2. The second kappa shape index (κ2) is 8.77. The highest BCUT2D eigenvalue weighted by Gasteiger charge is 2.43. The third-order valence-electron chi connectivity index (χ3n) is 7.40. The number of hydrogen-bond donors (Lipinski definition) is 1. The van der Waals surface area contributed by atoms with Gasteiger partial charge >= 0.3 is 0 Å². The molecule has 178 valence electrons. The molecule has 3 aromatic rings. The van der Waals surface area contributed by atoms with Crippen molar-refractivity contribution in [3.05, 3.63) is 77.5 Å². The van der Waals surface area contributed by atoms with Gasteiger partial charge in [-0.1, -0.05) is 31.2 Å². The molecule has 35 heavy (non-hydrogen) atoms. The summed E-state index contributed by atoms with van der Waals surface area (Å²) >= 11 is 0. The fourth-order valence-corrected chi connectivity index (χ4v) is 4.96. The third kappa shape index (κ3) is 4.14. The largest absolute Gasteiger partial charge is 0.325 e. The monoisotopic (exact) mass is 466 g/mol. The quantitative estimate of drug-likeness (QED) is 0.468. The van der Waals surface area contributed by atoms with Crippen molar-refractivity contribution in [2.45, 2.75) is 52.4 Å². The van der Waals surface area contributed by atoms with E-state index in [1.54, 1.807) is 13.1 Å². The first kappa shape index (κ1) is 23.0. The summed E-state index contributed by atoms with van der Waals surface area (Å²) in [5, 5.41) is 8.77. The molecule has 0 saturated heterocycles. The van der Waals surface area contributed by atoms with E-state index in [1.807, 2.05) is 62.4 Å². The zero-order valence-electron chi connectivity index (χ0n) is 20.6. The minimum absolute atomic E-state index is 0.243. The average molecular weight is 467 g/mol. The van der Waals surface area contributed by atoms with E-state index in [9.17, 15) is 9.59 Å². The Balaban J connectivity index is 1.38. The molecule has 6 heteroatoms. The van der Waals surface area contributed by atoms with Crippen LogP contribution < -0.4 is 10.3 Å². The van der Waals surface area contributed by atoms with Gasteiger partial charge in [-0.25, -0.2) is 0 Å². The van der Waals surface area contributed by atoms with Crippen LogP contribution in [-0.4, -0.2) is 22.5 Å². The maximum atomic E-state index is 13.4. The van der Waals surface area contributed by atoms with Crippen LogP contribution in [0.25, 0.3) is 11.3 Å². The topological polar surface area (TPSA) is 74.7 Å². The molecule has 1 N–H and O–H groups in total. The molecule has 2 aliphatic rings. The van der Waals surface area contributed by atoms with Gasteiger partial charge in [-0.2, -0.15) is 10.1 Å². The highest BCUT2D eigenvalue weighted by atomic mass is 16.2. The number of rotatable bonds is 6. The zero-order valence-corrected chi connectivity index (χ0v) is 20.6. The molecule has 1 aromatic heterocycles. The normalized spacial score (nSPS) is 18.4.